The number of carbonyl (C=O) groups is 4. The van der Waals surface area contributed by atoms with Crippen molar-refractivity contribution in [2.75, 3.05) is 6.61 Å². The van der Waals surface area contributed by atoms with Gasteiger partial charge in [0.05, 0.1) is 0 Å². The minimum Gasteiger partial charge on any atom is -0.480 e. The highest BCUT2D eigenvalue weighted by Crippen LogP contribution is 2.28. The van der Waals surface area contributed by atoms with Crippen molar-refractivity contribution >= 4 is 23.8 Å². The van der Waals surface area contributed by atoms with Crippen molar-refractivity contribution in [3.05, 3.63) is 0 Å². The van der Waals surface area contributed by atoms with Crippen LogP contribution in [0, 0.1) is 0 Å². The third kappa shape index (κ3) is 6.31. The predicted molar refractivity (Wildman–Crippen MR) is 81.3 cm³/mol. The van der Waals surface area contributed by atoms with Gasteiger partial charge in [0.15, 0.2) is 18.5 Å². The van der Waals surface area contributed by atoms with E-state index in [0.29, 0.717) is 6.42 Å². The molecule has 1 aliphatic rings. The Balaban J connectivity index is 3.18. The van der Waals surface area contributed by atoms with E-state index >= 15 is 0 Å². The molecule has 0 bridgehead atoms. The molecule has 1 rings (SSSR count). The topological polar surface area (TPSA) is 137 Å². The fourth-order valence-electron chi connectivity index (χ4n) is 2.58. The summed E-state index contributed by atoms with van der Waals surface area (Å²) < 4.78 is 21.3. The van der Waals surface area contributed by atoms with Crippen LogP contribution in [0.25, 0.3) is 0 Å². The molecule has 1 heterocycles. The smallest absolute Gasteiger partial charge is 0.329 e. The van der Waals surface area contributed by atoms with Crippen LogP contribution in [-0.2, 0) is 38.1 Å². The highest BCUT2D eigenvalue weighted by molar-refractivity contribution is 5.73. The molecule has 1 amide bonds. The zero-order valence-electron chi connectivity index (χ0n) is 14.5. The number of carboxylic acid groups (broad SMARTS) is 1. The number of esters is 2. The highest BCUT2D eigenvalue weighted by atomic mass is 16.7. The number of hydrogen-bond acceptors (Lipinski definition) is 8. The first-order valence-corrected chi connectivity index (χ1v) is 7.76. The Labute approximate surface area is 144 Å². The Hall–Kier alpha value is -2.20. The molecular weight excluding hydrogens is 338 g/mol. The Kier molecular flexibility index (Phi) is 7.78. The molecule has 0 saturated carbocycles. The number of ether oxygens (including phenoxy) is 4. The van der Waals surface area contributed by atoms with Crippen LogP contribution in [0.15, 0.2) is 0 Å². The number of rotatable bonds is 7. The third-order valence-corrected chi connectivity index (χ3v) is 3.39. The molecule has 10 nitrogen and oxygen atoms in total. The van der Waals surface area contributed by atoms with Gasteiger partial charge >= 0.3 is 17.9 Å². The van der Waals surface area contributed by atoms with Crippen LogP contribution < -0.4 is 5.32 Å². The summed E-state index contributed by atoms with van der Waals surface area (Å²) in [5.74, 6) is -2.99. The maximum atomic E-state index is 11.5. The van der Waals surface area contributed by atoms with Crippen molar-refractivity contribution < 1.29 is 43.2 Å². The molecule has 5 atom stereocenters. The molecule has 10 heteroatoms. The lowest BCUT2D eigenvalue weighted by Gasteiger charge is -2.44. The van der Waals surface area contributed by atoms with Crippen LogP contribution in [-0.4, -0.2) is 66.2 Å². The van der Waals surface area contributed by atoms with Crippen molar-refractivity contribution in [3.63, 3.8) is 0 Å². The summed E-state index contributed by atoms with van der Waals surface area (Å²) >= 11 is 0. The van der Waals surface area contributed by atoms with Crippen LogP contribution in [0.3, 0.4) is 0 Å². The first kappa shape index (κ1) is 20.8. The largest absolute Gasteiger partial charge is 0.480 e. The molecule has 0 radical (unpaired) electrons. The lowest BCUT2D eigenvalue weighted by atomic mass is 9.94. The van der Waals surface area contributed by atoms with Gasteiger partial charge in [-0.05, 0) is 6.42 Å². The van der Waals surface area contributed by atoms with Gasteiger partial charge < -0.3 is 29.4 Å². The molecule has 0 aromatic heterocycles. The average molecular weight is 361 g/mol. The summed E-state index contributed by atoms with van der Waals surface area (Å²) in [5.41, 5.74) is 0. The van der Waals surface area contributed by atoms with Gasteiger partial charge in [-0.1, -0.05) is 6.92 Å². The van der Waals surface area contributed by atoms with Crippen molar-refractivity contribution in [1.29, 1.82) is 0 Å². The van der Waals surface area contributed by atoms with E-state index in [1.54, 1.807) is 6.92 Å². The van der Waals surface area contributed by atoms with Gasteiger partial charge in [-0.25, -0.2) is 4.79 Å². The quantitative estimate of drug-likeness (QED) is 0.580. The van der Waals surface area contributed by atoms with Crippen LogP contribution in [0.5, 0.6) is 0 Å². The number of carboxylic acids is 1. The Morgan fingerprint density at radius 2 is 1.60 bits per heavy atom. The van der Waals surface area contributed by atoms with Crippen LogP contribution >= 0.6 is 0 Å². The molecule has 0 aromatic carbocycles. The van der Waals surface area contributed by atoms with Crippen molar-refractivity contribution in [1.82, 2.24) is 5.32 Å². The third-order valence-electron chi connectivity index (χ3n) is 3.39. The lowest BCUT2D eigenvalue weighted by Crippen LogP contribution is -2.65. The summed E-state index contributed by atoms with van der Waals surface area (Å²) in [7, 11) is 0. The minimum atomic E-state index is -1.23. The van der Waals surface area contributed by atoms with E-state index in [2.05, 4.69) is 5.32 Å². The van der Waals surface area contributed by atoms with E-state index in [9.17, 15) is 19.2 Å². The maximum absolute atomic E-state index is 11.5. The molecule has 1 aliphatic heterocycles. The fraction of sp³-hybridized carbons (Fsp3) is 0.733. The van der Waals surface area contributed by atoms with Gasteiger partial charge in [0.1, 0.15) is 18.8 Å². The number of nitrogens with one attached hydrogen (secondary N) is 1. The number of hydrogen-bond donors (Lipinski definition) is 2. The van der Waals surface area contributed by atoms with E-state index in [1.165, 1.54) is 20.8 Å². The molecule has 1 fully saturated rings. The zero-order valence-corrected chi connectivity index (χ0v) is 14.5. The highest BCUT2D eigenvalue weighted by Gasteiger charge is 2.50. The average Bonchev–Trinajstić information content (AvgIpc) is 2.48. The summed E-state index contributed by atoms with van der Waals surface area (Å²) in [4.78, 5) is 45.2. The summed E-state index contributed by atoms with van der Waals surface area (Å²) in [6.07, 6.45) is -3.61. The Bertz CT molecular complexity index is 521. The van der Waals surface area contributed by atoms with Gasteiger partial charge in [0.2, 0.25) is 5.91 Å². The van der Waals surface area contributed by atoms with Gasteiger partial charge in [-0.3, -0.25) is 14.4 Å². The first-order chi connectivity index (χ1) is 11.6. The van der Waals surface area contributed by atoms with E-state index < -0.39 is 61.1 Å². The SMILES string of the molecule is CCC1OC(OCC(=O)O)C(NC(C)=O)C(OC(C)=O)C1OC(C)=O. The molecular formula is C15H23NO9. The van der Waals surface area contributed by atoms with Gasteiger partial charge in [-0.15, -0.1) is 0 Å². The normalized spacial score (nSPS) is 28.7. The zero-order chi connectivity index (χ0) is 19.1. The van der Waals surface area contributed by atoms with Crippen LogP contribution in [0.1, 0.15) is 34.1 Å². The fourth-order valence-corrected chi connectivity index (χ4v) is 2.58. The summed E-state index contributed by atoms with van der Waals surface area (Å²) in [5, 5.41) is 11.3. The number of amides is 1. The Morgan fingerprint density at radius 3 is 2.04 bits per heavy atom. The monoisotopic (exact) mass is 361 g/mol. The Morgan fingerprint density at radius 1 is 1.04 bits per heavy atom. The number of aliphatic carboxylic acids is 1. The van der Waals surface area contributed by atoms with Gasteiger partial charge in [0, 0.05) is 20.8 Å². The molecule has 5 unspecified atom stereocenters. The second kappa shape index (κ2) is 9.33. The standard InChI is InChI=1S/C15H23NO9/c1-5-10-13(23-8(3)18)14(24-9(4)19)12(16-7(2)17)15(25-10)22-6-11(20)21/h10,12-15H,5-6H2,1-4H3,(H,16,17)(H,20,21). The lowest BCUT2D eigenvalue weighted by molar-refractivity contribution is -0.271. The van der Waals surface area contributed by atoms with E-state index in [-0.39, 0.29) is 0 Å². The van der Waals surface area contributed by atoms with Gasteiger partial charge in [-0.2, -0.15) is 0 Å². The predicted octanol–water partition coefficient (Wildman–Crippen LogP) is -0.409. The first-order valence-electron chi connectivity index (χ1n) is 7.76. The molecule has 0 aromatic rings. The molecule has 2 N–H and O–H groups in total. The molecule has 0 spiro atoms. The molecule has 0 aliphatic carbocycles. The van der Waals surface area contributed by atoms with E-state index in [4.69, 9.17) is 24.1 Å². The molecule has 142 valence electrons. The van der Waals surface area contributed by atoms with E-state index in [1.807, 2.05) is 0 Å². The summed E-state index contributed by atoms with van der Waals surface area (Å²) in [6.45, 7) is 4.66. The maximum Gasteiger partial charge on any atom is 0.329 e. The van der Waals surface area contributed by atoms with Crippen molar-refractivity contribution in [2.24, 2.45) is 0 Å². The van der Waals surface area contributed by atoms with E-state index in [0.717, 1.165) is 0 Å². The van der Waals surface area contributed by atoms with Crippen LogP contribution in [0.4, 0.5) is 0 Å². The summed E-state index contributed by atoms with van der Waals surface area (Å²) in [6, 6.07) is -1.05. The second-order valence-electron chi connectivity index (χ2n) is 5.53. The van der Waals surface area contributed by atoms with Crippen molar-refractivity contribution in [3.8, 4) is 0 Å². The van der Waals surface area contributed by atoms with Crippen molar-refractivity contribution in [2.45, 2.75) is 64.8 Å². The van der Waals surface area contributed by atoms with Crippen LogP contribution in [0.2, 0.25) is 0 Å². The second-order valence-corrected chi connectivity index (χ2v) is 5.53. The number of carbonyl (C=O) groups excluding carboxylic acids is 3. The molecule has 25 heavy (non-hydrogen) atoms. The molecule has 1 saturated heterocycles. The minimum absolute atomic E-state index is 0.370. The van der Waals surface area contributed by atoms with Gasteiger partial charge in [0.25, 0.3) is 0 Å².